The highest BCUT2D eigenvalue weighted by atomic mass is 35.5. The molecule has 0 fully saturated rings. The second-order valence-corrected chi connectivity index (χ2v) is 7.58. The summed E-state index contributed by atoms with van der Waals surface area (Å²) >= 11 is 6.39. The molecule has 5 heteroatoms. The van der Waals surface area contributed by atoms with Crippen LogP contribution in [-0.4, -0.2) is 23.3 Å². The number of imidazole rings is 1. The van der Waals surface area contributed by atoms with Gasteiger partial charge in [-0.05, 0) is 48.7 Å². The Morgan fingerprint density at radius 2 is 1.70 bits per heavy atom. The number of unbranched alkanes of at least 4 members (excludes halogenated alkanes) is 1. The first-order chi connectivity index (χ1) is 14.7. The SMILES string of the molecule is COc1cccc(OCCCCn2c(Cc3ccccc3Cl)nc3ccccc32)c1. The van der Waals surface area contributed by atoms with E-state index < -0.39 is 0 Å². The fourth-order valence-electron chi connectivity index (χ4n) is 3.57. The maximum Gasteiger partial charge on any atom is 0.122 e. The molecule has 154 valence electrons. The maximum absolute atomic E-state index is 6.39. The fraction of sp³-hybridized carbons (Fsp3) is 0.240. The third kappa shape index (κ3) is 4.77. The molecule has 0 N–H and O–H groups in total. The van der Waals surface area contributed by atoms with Crippen LogP contribution in [0.4, 0.5) is 0 Å². The summed E-state index contributed by atoms with van der Waals surface area (Å²) < 4.78 is 13.4. The zero-order valence-electron chi connectivity index (χ0n) is 17.1. The van der Waals surface area contributed by atoms with Crippen molar-refractivity contribution in [2.24, 2.45) is 0 Å². The quantitative estimate of drug-likeness (QED) is 0.305. The summed E-state index contributed by atoms with van der Waals surface area (Å²) in [6, 6.07) is 24.0. The molecular formula is C25H25ClN2O2. The highest BCUT2D eigenvalue weighted by Crippen LogP contribution is 2.23. The Balaban J connectivity index is 1.42. The van der Waals surface area contributed by atoms with Gasteiger partial charge in [-0.2, -0.15) is 0 Å². The molecule has 0 spiro atoms. The second-order valence-electron chi connectivity index (χ2n) is 7.17. The third-order valence-corrected chi connectivity index (χ3v) is 5.49. The van der Waals surface area contributed by atoms with E-state index in [9.17, 15) is 0 Å². The van der Waals surface area contributed by atoms with Gasteiger partial charge in [0.1, 0.15) is 17.3 Å². The number of halogens is 1. The average Bonchev–Trinajstić information content (AvgIpc) is 3.12. The number of ether oxygens (including phenoxy) is 2. The molecule has 0 aliphatic rings. The van der Waals surface area contributed by atoms with Gasteiger partial charge in [-0.1, -0.05) is 48.0 Å². The van der Waals surface area contributed by atoms with Gasteiger partial charge in [-0.25, -0.2) is 4.98 Å². The van der Waals surface area contributed by atoms with Crippen molar-refractivity contribution >= 4 is 22.6 Å². The first-order valence-electron chi connectivity index (χ1n) is 10.2. The van der Waals surface area contributed by atoms with Gasteiger partial charge in [0.2, 0.25) is 0 Å². The van der Waals surface area contributed by atoms with Crippen molar-refractivity contribution in [3.63, 3.8) is 0 Å². The van der Waals surface area contributed by atoms with Gasteiger partial charge in [0, 0.05) is 24.1 Å². The summed E-state index contributed by atoms with van der Waals surface area (Å²) in [6.45, 7) is 1.56. The van der Waals surface area contributed by atoms with E-state index in [0.29, 0.717) is 13.0 Å². The van der Waals surface area contributed by atoms with Crippen molar-refractivity contribution in [2.45, 2.75) is 25.8 Å². The molecular weight excluding hydrogens is 396 g/mol. The molecule has 0 saturated carbocycles. The molecule has 4 aromatic rings. The van der Waals surface area contributed by atoms with Gasteiger partial charge in [-0.3, -0.25) is 0 Å². The largest absolute Gasteiger partial charge is 0.497 e. The summed E-state index contributed by atoms with van der Waals surface area (Å²) in [6.07, 6.45) is 2.67. The van der Waals surface area contributed by atoms with Crippen LogP contribution >= 0.6 is 11.6 Å². The number of hydrogen-bond acceptors (Lipinski definition) is 3. The zero-order chi connectivity index (χ0) is 20.8. The van der Waals surface area contributed by atoms with E-state index in [1.807, 2.05) is 48.5 Å². The smallest absolute Gasteiger partial charge is 0.122 e. The molecule has 30 heavy (non-hydrogen) atoms. The predicted octanol–water partition coefficient (Wildman–Crippen LogP) is 6.15. The number of benzene rings is 3. The molecule has 0 bridgehead atoms. The Labute approximate surface area is 182 Å². The highest BCUT2D eigenvalue weighted by Gasteiger charge is 2.12. The van der Waals surface area contributed by atoms with Crippen LogP contribution in [0, 0.1) is 0 Å². The van der Waals surface area contributed by atoms with E-state index >= 15 is 0 Å². The lowest BCUT2D eigenvalue weighted by atomic mass is 10.1. The Morgan fingerprint density at radius 1 is 0.900 bits per heavy atom. The number of methoxy groups -OCH3 is 1. The minimum Gasteiger partial charge on any atom is -0.497 e. The van der Waals surface area contributed by atoms with Crippen LogP contribution in [0.1, 0.15) is 24.2 Å². The molecule has 0 radical (unpaired) electrons. The first kappa shape index (κ1) is 20.3. The van der Waals surface area contributed by atoms with E-state index in [4.69, 9.17) is 26.1 Å². The summed E-state index contributed by atoms with van der Waals surface area (Å²) in [5.41, 5.74) is 3.28. The van der Waals surface area contributed by atoms with Gasteiger partial charge in [-0.15, -0.1) is 0 Å². The maximum atomic E-state index is 6.39. The van der Waals surface area contributed by atoms with Crippen LogP contribution in [0.5, 0.6) is 11.5 Å². The number of aromatic nitrogens is 2. The van der Waals surface area contributed by atoms with Crippen molar-refractivity contribution < 1.29 is 9.47 Å². The van der Waals surface area contributed by atoms with Crippen LogP contribution < -0.4 is 9.47 Å². The van der Waals surface area contributed by atoms with Gasteiger partial charge in [0.15, 0.2) is 0 Å². The highest BCUT2D eigenvalue weighted by molar-refractivity contribution is 6.31. The van der Waals surface area contributed by atoms with Crippen LogP contribution in [0.3, 0.4) is 0 Å². The normalized spacial score (nSPS) is 11.0. The van der Waals surface area contributed by atoms with Crippen molar-refractivity contribution in [1.29, 1.82) is 0 Å². The van der Waals surface area contributed by atoms with E-state index in [0.717, 1.165) is 58.3 Å². The number of hydrogen-bond donors (Lipinski definition) is 0. The fourth-order valence-corrected chi connectivity index (χ4v) is 3.78. The second kappa shape index (κ2) is 9.68. The molecule has 0 unspecified atom stereocenters. The zero-order valence-corrected chi connectivity index (χ0v) is 17.8. The third-order valence-electron chi connectivity index (χ3n) is 5.13. The lowest BCUT2D eigenvalue weighted by Crippen LogP contribution is -2.07. The Bertz CT molecular complexity index is 1120. The predicted molar refractivity (Wildman–Crippen MR) is 122 cm³/mol. The monoisotopic (exact) mass is 420 g/mol. The standard InChI is InChI=1S/C25H25ClN2O2/c1-29-20-10-8-11-21(18-20)30-16-7-6-15-28-24-14-5-4-13-23(24)27-25(28)17-19-9-2-3-12-22(19)26/h2-5,8-14,18H,6-7,15-17H2,1H3. The number of nitrogens with zero attached hydrogens (tertiary/aromatic N) is 2. The topological polar surface area (TPSA) is 36.3 Å². The Hall–Kier alpha value is -2.98. The summed E-state index contributed by atoms with van der Waals surface area (Å²) in [4.78, 5) is 4.87. The lowest BCUT2D eigenvalue weighted by molar-refractivity contribution is 0.301. The summed E-state index contributed by atoms with van der Waals surface area (Å²) in [7, 11) is 1.66. The minimum atomic E-state index is 0.666. The van der Waals surface area contributed by atoms with Crippen molar-refractivity contribution in [3.05, 3.63) is 89.2 Å². The molecule has 1 aromatic heterocycles. The van der Waals surface area contributed by atoms with Crippen molar-refractivity contribution in [2.75, 3.05) is 13.7 Å². The van der Waals surface area contributed by atoms with Crippen LogP contribution in [0.15, 0.2) is 72.8 Å². The number of rotatable bonds is 9. The number of aryl methyl sites for hydroxylation is 1. The Morgan fingerprint density at radius 3 is 2.57 bits per heavy atom. The molecule has 0 atom stereocenters. The molecule has 3 aromatic carbocycles. The first-order valence-corrected chi connectivity index (χ1v) is 10.6. The van der Waals surface area contributed by atoms with E-state index in [-0.39, 0.29) is 0 Å². The van der Waals surface area contributed by atoms with Crippen molar-refractivity contribution in [1.82, 2.24) is 9.55 Å². The molecule has 4 rings (SSSR count). The number of fused-ring (bicyclic) bond motifs is 1. The lowest BCUT2D eigenvalue weighted by Gasteiger charge is -2.11. The molecule has 0 amide bonds. The average molecular weight is 421 g/mol. The van der Waals surface area contributed by atoms with Gasteiger partial charge >= 0.3 is 0 Å². The van der Waals surface area contributed by atoms with Crippen LogP contribution in [0.25, 0.3) is 11.0 Å². The molecule has 0 aliphatic carbocycles. The molecule has 0 aliphatic heterocycles. The van der Waals surface area contributed by atoms with E-state index in [1.165, 1.54) is 0 Å². The summed E-state index contributed by atoms with van der Waals surface area (Å²) in [5, 5.41) is 0.780. The van der Waals surface area contributed by atoms with Crippen LogP contribution in [-0.2, 0) is 13.0 Å². The van der Waals surface area contributed by atoms with Gasteiger partial charge in [0.25, 0.3) is 0 Å². The summed E-state index contributed by atoms with van der Waals surface area (Å²) in [5.74, 6) is 2.68. The van der Waals surface area contributed by atoms with E-state index in [2.05, 4.69) is 28.8 Å². The molecule has 1 heterocycles. The van der Waals surface area contributed by atoms with Crippen molar-refractivity contribution in [3.8, 4) is 11.5 Å². The van der Waals surface area contributed by atoms with Gasteiger partial charge < -0.3 is 14.0 Å². The number of para-hydroxylation sites is 2. The Kier molecular flexibility index (Phi) is 6.55. The van der Waals surface area contributed by atoms with E-state index in [1.54, 1.807) is 7.11 Å². The van der Waals surface area contributed by atoms with Gasteiger partial charge in [0.05, 0.1) is 24.8 Å². The molecule has 4 nitrogen and oxygen atoms in total. The molecule has 0 saturated heterocycles. The minimum absolute atomic E-state index is 0.666. The van der Waals surface area contributed by atoms with Crippen LogP contribution in [0.2, 0.25) is 5.02 Å².